The second-order valence-corrected chi connectivity index (χ2v) is 7.16. The molecule has 1 aromatic carbocycles. The van der Waals surface area contributed by atoms with Crippen molar-refractivity contribution >= 4 is 28.4 Å². The molecule has 3 heterocycles. The first-order valence-corrected chi connectivity index (χ1v) is 9.41. The number of aromatic nitrogens is 3. The van der Waals surface area contributed by atoms with E-state index in [1.807, 2.05) is 30.3 Å². The summed E-state index contributed by atoms with van der Waals surface area (Å²) in [7, 11) is 0. The van der Waals surface area contributed by atoms with Crippen molar-refractivity contribution in [2.75, 3.05) is 23.3 Å². The normalized spacial score (nSPS) is 14.1. The third kappa shape index (κ3) is 3.60. The van der Waals surface area contributed by atoms with E-state index in [2.05, 4.69) is 39.0 Å². The number of hydrogen-bond donors (Lipinski definition) is 1. The SMILES string of the molecule is CC(C)c1cc(C(=O)Nc2cccc3cccnc23)nc(N2CCCC2)n1. The van der Waals surface area contributed by atoms with Gasteiger partial charge in [-0.2, -0.15) is 0 Å². The number of pyridine rings is 1. The van der Waals surface area contributed by atoms with E-state index in [0.717, 1.165) is 42.5 Å². The Balaban J connectivity index is 1.68. The minimum Gasteiger partial charge on any atom is -0.341 e. The Morgan fingerprint density at radius 3 is 2.67 bits per heavy atom. The number of anilines is 2. The van der Waals surface area contributed by atoms with Crippen LogP contribution < -0.4 is 10.2 Å². The fourth-order valence-corrected chi connectivity index (χ4v) is 3.31. The molecule has 2 aromatic heterocycles. The maximum Gasteiger partial charge on any atom is 0.274 e. The molecule has 0 aliphatic carbocycles. The van der Waals surface area contributed by atoms with Gasteiger partial charge in [-0.05, 0) is 37.0 Å². The molecule has 0 atom stereocenters. The molecule has 3 aromatic rings. The van der Waals surface area contributed by atoms with Crippen LogP contribution in [0.25, 0.3) is 10.9 Å². The average Bonchev–Trinajstić information content (AvgIpc) is 3.23. The van der Waals surface area contributed by atoms with Crippen LogP contribution in [0.4, 0.5) is 11.6 Å². The smallest absolute Gasteiger partial charge is 0.274 e. The standard InChI is InChI=1S/C21H23N5O/c1-14(2)17-13-18(25-21(24-17)26-11-3-4-12-26)20(27)23-16-9-5-7-15-8-6-10-22-19(15)16/h5-10,13-14H,3-4,11-12H2,1-2H3,(H,23,27). The topological polar surface area (TPSA) is 71.0 Å². The highest BCUT2D eigenvalue weighted by molar-refractivity contribution is 6.07. The van der Waals surface area contributed by atoms with Crippen LogP contribution >= 0.6 is 0 Å². The van der Waals surface area contributed by atoms with Gasteiger partial charge in [-0.3, -0.25) is 9.78 Å². The van der Waals surface area contributed by atoms with Crippen molar-refractivity contribution in [3.8, 4) is 0 Å². The molecule has 0 saturated carbocycles. The lowest BCUT2D eigenvalue weighted by Crippen LogP contribution is -2.24. The van der Waals surface area contributed by atoms with Gasteiger partial charge in [0.1, 0.15) is 5.69 Å². The number of carbonyl (C=O) groups excluding carboxylic acids is 1. The van der Waals surface area contributed by atoms with Gasteiger partial charge in [-0.1, -0.05) is 32.0 Å². The summed E-state index contributed by atoms with van der Waals surface area (Å²) in [5.74, 6) is 0.637. The van der Waals surface area contributed by atoms with Gasteiger partial charge in [0, 0.05) is 30.4 Å². The minimum absolute atomic E-state index is 0.222. The van der Waals surface area contributed by atoms with E-state index >= 15 is 0 Å². The van der Waals surface area contributed by atoms with Crippen LogP contribution in [0.2, 0.25) is 0 Å². The average molecular weight is 361 g/mol. The zero-order valence-electron chi connectivity index (χ0n) is 15.6. The highest BCUT2D eigenvalue weighted by Crippen LogP contribution is 2.23. The lowest BCUT2D eigenvalue weighted by atomic mass is 10.1. The third-order valence-corrected chi connectivity index (χ3v) is 4.83. The molecule has 0 bridgehead atoms. The molecule has 4 rings (SSSR count). The van der Waals surface area contributed by atoms with E-state index in [1.54, 1.807) is 12.3 Å². The number of hydrogen-bond acceptors (Lipinski definition) is 5. The Bertz CT molecular complexity index is 974. The van der Waals surface area contributed by atoms with Crippen LogP contribution in [0.3, 0.4) is 0 Å². The first-order chi connectivity index (χ1) is 13.1. The molecule has 6 nitrogen and oxygen atoms in total. The summed E-state index contributed by atoms with van der Waals surface area (Å²) in [6.07, 6.45) is 4.00. The van der Waals surface area contributed by atoms with Crippen molar-refractivity contribution in [3.05, 3.63) is 54.0 Å². The molecule has 1 saturated heterocycles. The van der Waals surface area contributed by atoms with Crippen LogP contribution in [-0.4, -0.2) is 33.9 Å². The minimum atomic E-state index is -0.238. The lowest BCUT2D eigenvalue weighted by Gasteiger charge is -2.18. The molecule has 1 aliphatic heterocycles. The van der Waals surface area contributed by atoms with E-state index in [-0.39, 0.29) is 11.8 Å². The highest BCUT2D eigenvalue weighted by Gasteiger charge is 2.20. The number of carbonyl (C=O) groups is 1. The molecular weight excluding hydrogens is 338 g/mol. The summed E-state index contributed by atoms with van der Waals surface area (Å²) in [6, 6.07) is 11.4. The van der Waals surface area contributed by atoms with Crippen LogP contribution in [0.5, 0.6) is 0 Å². The van der Waals surface area contributed by atoms with E-state index < -0.39 is 0 Å². The number of para-hydroxylation sites is 1. The van der Waals surface area contributed by atoms with E-state index in [9.17, 15) is 4.79 Å². The van der Waals surface area contributed by atoms with Crippen LogP contribution in [0, 0.1) is 0 Å². The maximum atomic E-state index is 13.0. The Labute approximate surface area is 158 Å². The number of nitrogens with one attached hydrogen (secondary N) is 1. The molecule has 1 amide bonds. The number of fused-ring (bicyclic) bond motifs is 1. The quantitative estimate of drug-likeness (QED) is 0.760. The monoisotopic (exact) mass is 361 g/mol. The fourth-order valence-electron chi connectivity index (χ4n) is 3.31. The van der Waals surface area contributed by atoms with Crippen LogP contribution in [-0.2, 0) is 0 Å². The van der Waals surface area contributed by atoms with Gasteiger partial charge in [0.05, 0.1) is 11.2 Å². The van der Waals surface area contributed by atoms with Crippen molar-refractivity contribution in [2.24, 2.45) is 0 Å². The summed E-state index contributed by atoms with van der Waals surface area (Å²) in [5.41, 5.74) is 2.73. The zero-order chi connectivity index (χ0) is 18.8. The highest BCUT2D eigenvalue weighted by atomic mass is 16.1. The summed E-state index contributed by atoms with van der Waals surface area (Å²) in [6.45, 7) is 6.03. The first kappa shape index (κ1) is 17.4. The van der Waals surface area contributed by atoms with Crippen molar-refractivity contribution in [3.63, 3.8) is 0 Å². The van der Waals surface area contributed by atoms with Gasteiger partial charge in [-0.25, -0.2) is 9.97 Å². The number of amides is 1. The van der Waals surface area contributed by atoms with Crippen molar-refractivity contribution in [2.45, 2.75) is 32.6 Å². The molecule has 1 N–H and O–H groups in total. The summed E-state index contributed by atoms with van der Waals surface area (Å²) in [5, 5.41) is 3.96. The van der Waals surface area contributed by atoms with Crippen molar-refractivity contribution in [1.29, 1.82) is 0 Å². The van der Waals surface area contributed by atoms with Gasteiger partial charge < -0.3 is 10.2 Å². The number of benzene rings is 1. The Morgan fingerprint density at radius 2 is 1.89 bits per heavy atom. The Kier molecular flexibility index (Phi) is 4.71. The summed E-state index contributed by atoms with van der Waals surface area (Å²) >= 11 is 0. The second-order valence-electron chi connectivity index (χ2n) is 7.16. The third-order valence-electron chi connectivity index (χ3n) is 4.83. The molecule has 27 heavy (non-hydrogen) atoms. The largest absolute Gasteiger partial charge is 0.341 e. The molecule has 0 spiro atoms. The fraction of sp³-hybridized carbons (Fsp3) is 0.333. The van der Waals surface area contributed by atoms with E-state index in [0.29, 0.717) is 17.3 Å². The van der Waals surface area contributed by atoms with Crippen LogP contribution in [0.15, 0.2) is 42.6 Å². The number of nitrogens with zero attached hydrogens (tertiary/aromatic N) is 4. The Morgan fingerprint density at radius 1 is 1.11 bits per heavy atom. The van der Waals surface area contributed by atoms with Gasteiger partial charge in [0.15, 0.2) is 0 Å². The van der Waals surface area contributed by atoms with E-state index in [1.165, 1.54) is 0 Å². The van der Waals surface area contributed by atoms with Gasteiger partial charge in [0.2, 0.25) is 5.95 Å². The van der Waals surface area contributed by atoms with Gasteiger partial charge >= 0.3 is 0 Å². The maximum absolute atomic E-state index is 13.0. The number of rotatable bonds is 4. The van der Waals surface area contributed by atoms with Crippen LogP contribution in [0.1, 0.15) is 48.8 Å². The summed E-state index contributed by atoms with van der Waals surface area (Å²) < 4.78 is 0. The molecule has 0 unspecified atom stereocenters. The van der Waals surface area contributed by atoms with Gasteiger partial charge in [0.25, 0.3) is 5.91 Å². The zero-order valence-corrected chi connectivity index (χ0v) is 15.6. The first-order valence-electron chi connectivity index (χ1n) is 9.41. The second kappa shape index (κ2) is 7.31. The predicted octanol–water partition coefficient (Wildman–Crippen LogP) is 4.00. The van der Waals surface area contributed by atoms with Gasteiger partial charge in [-0.15, -0.1) is 0 Å². The molecule has 6 heteroatoms. The van der Waals surface area contributed by atoms with E-state index in [4.69, 9.17) is 0 Å². The molecule has 1 aliphatic rings. The predicted molar refractivity (Wildman–Crippen MR) is 107 cm³/mol. The summed E-state index contributed by atoms with van der Waals surface area (Å²) in [4.78, 5) is 28.7. The van der Waals surface area contributed by atoms with Crippen molar-refractivity contribution < 1.29 is 4.79 Å². The molecular formula is C21H23N5O. The molecule has 138 valence electrons. The molecule has 0 radical (unpaired) electrons. The lowest BCUT2D eigenvalue weighted by molar-refractivity contribution is 0.102. The Hall–Kier alpha value is -3.02. The van der Waals surface area contributed by atoms with Crippen molar-refractivity contribution in [1.82, 2.24) is 15.0 Å². The molecule has 1 fully saturated rings.